The number of nitrogens with zero attached hydrogens (tertiary/aromatic N) is 4. The van der Waals surface area contributed by atoms with Crippen LogP contribution in [0.1, 0.15) is 49.4 Å². The molecule has 2 heterocycles. The van der Waals surface area contributed by atoms with Crippen molar-refractivity contribution in [3.05, 3.63) is 113 Å². The number of benzene rings is 2. The summed E-state index contributed by atoms with van der Waals surface area (Å²) in [5.41, 5.74) is 4.31. The number of aromatic nitrogens is 3. The van der Waals surface area contributed by atoms with Crippen LogP contribution in [0, 0.1) is 13.5 Å². The van der Waals surface area contributed by atoms with Gasteiger partial charge >= 0.3 is 5.66 Å². The van der Waals surface area contributed by atoms with E-state index in [1.807, 2.05) is 56.4 Å². The van der Waals surface area contributed by atoms with Crippen molar-refractivity contribution in [2.45, 2.75) is 45.3 Å². The summed E-state index contributed by atoms with van der Waals surface area (Å²) >= 11 is 0. The van der Waals surface area contributed by atoms with Crippen molar-refractivity contribution >= 4 is 11.7 Å². The minimum Gasteiger partial charge on any atom is -0.309 e. The Morgan fingerprint density at radius 2 is 1.73 bits per heavy atom. The van der Waals surface area contributed by atoms with E-state index in [0.29, 0.717) is 12.4 Å². The topological polar surface area (TPSA) is 76.2 Å². The second-order valence-electron chi connectivity index (χ2n) is 9.76. The van der Waals surface area contributed by atoms with E-state index in [0.717, 1.165) is 16.7 Å². The quantitative estimate of drug-likeness (QED) is 0.284. The van der Waals surface area contributed by atoms with Crippen molar-refractivity contribution in [1.29, 1.82) is 0 Å². The normalized spacial score (nSPS) is 12.9. The number of nitrogens with one attached hydrogen (secondary N) is 2. The molecular weight excluding hydrogens is 460 g/mol. The van der Waals surface area contributed by atoms with Crippen molar-refractivity contribution < 1.29 is 4.79 Å². The second-order valence-corrected chi connectivity index (χ2v) is 9.76. The molecular formula is C30H32N6O. The minimum absolute atomic E-state index is 0.172. The Kier molecular flexibility index (Phi) is 7.80. The predicted octanol–water partition coefficient (Wildman–Crippen LogP) is 5.94. The van der Waals surface area contributed by atoms with E-state index in [4.69, 9.17) is 6.57 Å². The Hall–Kier alpha value is -4.28. The molecule has 0 aliphatic rings. The van der Waals surface area contributed by atoms with Crippen LogP contribution in [0.5, 0.6) is 0 Å². The average Bonchev–Trinajstić information content (AvgIpc) is 3.42. The molecule has 0 radical (unpaired) electrons. The van der Waals surface area contributed by atoms with Crippen LogP contribution in [0.2, 0.25) is 0 Å². The predicted molar refractivity (Wildman–Crippen MR) is 147 cm³/mol. The van der Waals surface area contributed by atoms with Crippen LogP contribution in [0.3, 0.4) is 0 Å². The van der Waals surface area contributed by atoms with Crippen LogP contribution in [0.25, 0.3) is 16.0 Å². The minimum atomic E-state index is -0.754. The van der Waals surface area contributed by atoms with Gasteiger partial charge in [-0.15, -0.1) is 0 Å². The highest BCUT2D eigenvalue weighted by Crippen LogP contribution is 2.24. The molecule has 0 bridgehead atoms. The summed E-state index contributed by atoms with van der Waals surface area (Å²) in [5, 5.41) is 10.7. The zero-order valence-corrected chi connectivity index (χ0v) is 21.6. The van der Waals surface area contributed by atoms with Crippen LogP contribution >= 0.6 is 0 Å². The smallest absolute Gasteiger partial charge is 0.309 e. The molecule has 0 spiro atoms. The molecule has 0 saturated heterocycles. The summed E-state index contributed by atoms with van der Waals surface area (Å²) in [6.45, 7) is 15.9. The van der Waals surface area contributed by atoms with Gasteiger partial charge in [-0.25, -0.2) is 11.6 Å². The van der Waals surface area contributed by atoms with Crippen molar-refractivity contribution in [2.75, 3.05) is 11.9 Å². The van der Waals surface area contributed by atoms with Gasteiger partial charge in [-0.05, 0) is 36.1 Å². The van der Waals surface area contributed by atoms with Crippen LogP contribution < -0.4 is 10.6 Å². The zero-order chi connectivity index (χ0) is 26.4. The lowest BCUT2D eigenvalue weighted by molar-refractivity contribution is -0.118. The van der Waals surface area contributed by atoms with Crippen LogP contribution in [-0.2, 0) is 10.5 Å². The summed E-state index contributed by atoms with van der Waals surface area (Å²) in [6.07, 6.45) is 5.25. The van der Waals surface area contributed by atoms with Crippen molar-refractivity contribution in [1.82, 2.24) is 20.1 Å². The van der Waals surface area contributed by atoms with Gasteiger partial charge in [-0.1, -0.05) is 67.1 Å². The number of aryl methyl sites for hydroxylation is 1. The van der Waals surface area contributed by atoms with Crippen LogP contribution in [0.4, 0.5) is 5.82 Å². The monoisotopic (exact) mass is 492 g/mol. The number of hydrogen-bond donors (Lipinski definition) is 2. The zero-order valence-electron chi connectivity index (χ0n) is 21.6. The molecule has 0 aliphatic heterocycles. The molecule has 1 amide bonds. The maximum absolute atomic E-state index is 13.4. The molecule has 2 atom stereocenters. The fraction of sp³-hybridized carbons (Fsp3) is 0.267. The Labute approximate surface area is 218 Å². The van der Waals surface area contributed by atoms with E-state index < -0.39 is 11.7 Å². The van der Waals surface area contributed by atoms with Gasteiger partial charge < -0.3 is 10.6 Å². The largest absolute Gasteiger partial charge is 0.319 e. The number of carbonyl (C=O) groups is 1. The molecule has 0 fully saturated rings. The fourth-order valence-corrected chi connectivity index (χ4v) is 3.97. The molecule has 2 N–H and O–H groups in total. The average molecular weight is 493 g/mol. The number of pyridine rings is 1. The molecule has 2 aromatic carbocycles. The Morgan fingerprint density at radius 3 is 2.38 bits per heavy atom. The molecule has 188 valence electrons. The first-order valence-electron chi connectivity index (χ1n) is 12.3. The van der Waals surface area contributed by atoms with E-state index >= 15 is 0 Å². The van der Waals surface area contributed by atoms with E-state index in [2.05, 4.69) is 63.7 Å². The van der Waals surface area contributed by atoms with Gasteiger partial charge in [0.15, 0.2) is 0 Å². The Balaban J connectivity index is 1.46. The lowest BCUT2D eigenvalue weighted by Gasteiger charge is -2.21. The fourth-order valence-electron chi connectivity index (χ4n) is 3.97. The molecule has 37 heavy (non-hydrogen) atoms. The third-order valence-electron chi connectivity index (χ3n) is 6.43. The summed E-state index contributed by atoms with van der Waals surface area (Å²) in [7, 11) is 0. The highest BCUT2D eigenvalue weighted by molar-refractivity contribution is 5.95. The van der Waals surface area contributed by atoms with Gasteiger partial charge in [0.2, 0.25) is 5.91 Å². The van der Waals surface area contributed by atoms with Gasteiger partial charge in [0.25, 0.3) is 0 Å². The summed E-state index contributed by atoms with van der Waals surface area (Å²) < 4.78 is 1.64. The maximum atomic E-state index is 13.4. The third-order valence-corrected chi connectivity index (χ3v) is 6.43. The van der Waals surface area contributed by atoms with Gasteiger partial charge in [0, 0.05) is 43.9 Å². The summed E-state index contributed by atoms with van der Waals surface area (Å²) in [4.78, 5) is 21.4. The molecule has 7 heteroatoms. The molecule has 0 unspecified atom stereocenters. The SMILES string of the molecule is [C-]#[N+]C(C)(C)n1cc(-c2ccc(NC(=O)[C@H](NC[C@H](C)c3ccc(C)cc3)c3ccccc3)nc2)cn1. The number of hydrogen-bond acceptors (Lipinski definition) is 4. The van der Waals surface area contributed by atoms with Crippen LogP contribution in [0.15, 0.2) is 85.3 Å². The van der Waals surface area contributed by atoms with E-state index in [1.165, 1.54) is 11.1 Å². The molecule has 4 rings (SSSR count). The number of amides is 1. The molecule has 2 aromatic heterocycles. The second kappa shape index (κ2) is 11.2. The first-order valence-corrected chi connectivity index (χ1v) is 12.3. The molecule has 0 aliphatic carbocycles. The van der Waals surface area contributed by atoms with Gasteiger partial charge in [0.05, 0.1) is 6.20 Å². The van der Waals surface area contributed by atoms with Gasteiger partial charge in [-0.3, -0.25) is 9.64 Å². The highest BCUT2D eigenvalue weighted by Gasteiger charge is 2.26. The molecule has 4 aromatic rings. The van der Waals surface area contributed by atoms with E-state index in [1.54, 1.807) is 23.1 Å². The summed E-state index contributed by atoms with van der Waals surface area (Å²) in [6, 6.07) is 21.3. The number of rotatable bonds is 9. The molecule has 0 saturated carbocycles. The number of carbonyl (C=O) groups excluding carboxylic acids is 1. The standard InChI is InChI=1S/C30H32N6O/c1-21-11-13-23(14-12-21)22(2)17-33-28(24-9-7-6-8-10-24)29(37)35-27-16-15-25(18-32-27)26-19-34-36(20-26)30(3,4)31-5/h6-16,18-20,22,28,33H,17H2,1-4H3,(H,32,35,37)/t22-,28+/m0/s1. The Bertz CT molecular complexity index is 1370. The third kappa shape index (κ3) is 6.29. The summed E-state index contributed by atoms with van der Waals surface area (Å²) in [5.74, 6) is 0.539. The van der Waals surface area contributed by atoms with Crippen LogP contribution in [-0.4, -0.2) is 27.2 Å². The molecule has 7 nitrogen and oxygen atoms in total. The van der Waals surface area contributed by atoms with Crippen molar-refractivity contribution in [3.8, 4) is 11.1 Å². The maximum Gasteiger partial charge on any atom is 0.319 e. The lowest BCUT2D eigenvalue weighted by atomic mass is 9.98. The number of anilines is 1. The van der Waals surface area contributed by atoms with E-state index in [-0.39, 0.29) is 11.8 Å². The van der Waals surface area contributed by atoms with Crippen molar-refractivity contribution in [3.63, 3.8) is 0 Å². The first-order chi connectivity index (χ1) is 17.8. The Morgan fingerprint density at radius 1 is 1.00 bits per heavy atom. The van der Waals surface area contributed by atoms with Gasteiger partial charge in [0.1, 0.15) is 11.9 Å². The first kappa shape index (κ1) is 25.8. The van der Waals surface area contributed by atoms with Crippen molar-refractivity contribution in [2.24, 2.45) is 0 Å². The van der Waals surface area contributed by atoms with Gasteiger partial charge in [-0.2, -0.15) is 9.78 Å². The lowest BCUT2D eigenvalue weighted by Crippen LogP contribution is -2.35. The highest BCUT2D eigenvalue weighted by atomic mass is 16.2. The van der Waals surface area contributed by atoms with E-state index in [9.17, 15) is 4.79 Å².